The predicted octanol–water partition coefficient (Wildman–Crippen LogP) is 4.01. The average molecular weight is 391 g/mol. The number of fused-ring (bicyclic) bond motifs is 1. The Bertz CT molecular complexity index is 879. The molecule has 1 N–H and O–H groups in total. The number of nitrogens with zero attached hydrogens (tertiary/aromatic N) is 2. The number of hydrogen-bond acceptors (Lipinski definition) is 4. The number of halogens is 3. The van der Waals surface area contributed by atoms with E-state index in [0.717, 1.165) is 30.7 Å². The van der Waals surface area contributed by atoms with Crippen LogP contribution in [0.5, 0.6) is 5.88 Å². The van der Waals surface area contributed by atoms with Crippen LogP contribution in [0.15, 0.2) is 36.4 Å². The molecule has 1 aromatic carbocycles. The van der Waals surface area contributed by atoms with E-state index in [0.29, 0.717) is 36.3 Å². The van der Waals surface area contributed by atoms with E-state index in [2.05, 4.69) is 10.3 Å². The van der Waals surface area contributed by atoms with E-state index in [4.69, 9.17) is 4.74 Å². The summed E-state index contributed by atoms with van der Waals surface area (Å²) in [4.78, 5) is 17.8. The summed E-state index contributed by atoms with van der Waals surface area (Å²) in [5.74, 6) is 0.727. The minimum Gasteiger partial charge on any atom is -0.469 e. The van der Waals surface area contributed by atoms with Crippen molar-refractivity contribution in [3.8, 4) is 5.88 Å². The second-order valence-corrected chi connectivity index (χ2v) is 7.17. The summed E-state index contributed by atoms with van der Waals surface area (Å²) >= 11 is 0. The van der Waals surface area contributed by atoms with Crippen LogP contribution in [0.1, 0.15) is 36.9 Å². The molecule has 148 valence electrons. The molecule has 1 aromatic heterocycles. The highest BCUT2D eigenvalue weighted by molar-refractivity contribution is 5.73. The molecule has 0 spiro atoms. The lowest BCUT2D eigenvalue weighted by Gasteiger charge is -2.36. The topological polar surface area (TPSA) is 54.5 Å². The fourth-order valence-electron chi connectivity index (χ4n) is 3.28. The first-order chi connectivity index (χ1) is 13.3. The quantitative estimate of drug-likeness (QED) is 0.856. The highest BCUT2D eigenvalue weighted by atomic mass is 19.4. The number of carbonyl (C=O) groups excluding carboxylic acids is 1. The van der Waals surface area contributed by atoms with E-state index >= 15 is 0 Å². The summed E-state index contributed by atoms with van der Waals surface area (Å²) in [6.45, 7) is 2.11. The number of carbonyl (C=O) groups is 1. The van der Waals surface area contributed by atoms with Gasteiger partial charge in [-0.1, -0.05) is 0 Å². The third-order valence-electron chi connectivity index (χ3n) is 4.90. The molecule has 0 radical (unpaired) electrons. The molecule has 5 nitrogen and oxygen atoms in total. The molecule has 0 bridgehead atoms. The Balaban J connectivity index is 1.65. The number of alkyl halides is 3. The molecular formula is C20H20F3N3O2. The molecule has 0 saturated heterocycles. The second kappa shape index (κ2) is 7.00. The van der Waals surface area contributed by atoms with Crippen molar-refractivity contribution in [3.05, 3.63) is 47.7 Å². The van der Waals surface area contributed by atoms with E-state index in [1.165, 1.54) is 19.1 Å². The first-order valence-corrected chi connectivity index (χ1v) is 9.18. The van der Waals surface area contributed by atoms with Gasteiger partial charge in [-0.2, -0.15) is 13.2 Å². The zero-order valence-corrected chi connectivity index (χ0v) is 15.3. The molecule has 1 amide bonds. The monoisotopic (exact) mass is 391 g/mol. The number of amides is 1. The van der Waals surface area contributed by atoms with Crippen molar-refractivity contribution in [2.45, 2.75) is 38.0 Å². The van der Waals surface area contributed by atoms with E-state index in [9.17, 15) is 18.0 Å². The van der Waals surface area contributed by atoms with Crippen LogP contribution in [0, 0.1) is 0 Å². The van der Waals surface area contributed by atoms with Crippen LogP contribution in [0.2, 0.25) is 0 Å². The highest BCUT2D eigenvalue weighted by Crippen LogP contribution is 2.43. The minimum absolute atomic E-state index is 0.171. The SMILES string of the molecule is CC(=O)NC[C@@H]1CN(c2ccc(C(F)(F)F)cc2)c2ccc(C3CC3)nc2O1. The van der Waals surface area contributed by atoms with E-state index in [-0.39, 0.29) is 12.0 Å². The van der Waals surface area contributed by atoms with Crippen LogP contribution in [-0.2, 0) is 11.0 Å². The molecule has 1 aliphatic carbocycles. The van der Waals surface area contributed by atoms with Gasteiger partial charge in [-0.05, 0) is 49.2 Å². The summed E-state index contributed by atoms with van der Waals surface area (Å²) in [5.41, 5.74) is 1.60. The van der Waals surface area contributed by atoms with Crippen LogP contribution < -0.4 is 15.0 Å². The normalized spacial score (nSPS) is 19.0. The standard InChI is InChI=1S/C20H20F3N3O2/c1-12(27)24-10-16-11-26(15-6-4-14(5-7-15)20(21,22)23)18-9-8-17(13-2-3-13)25-19(18)28-16/h4-9,13,16H,2-3,10-11H2,1H3,(H,24,27)/t16-/m1/s1. The fraction of sp³-hybridized carbons (Fsp3) is 0.400. The average Bonchev–Trinajstić information content (AvgIpc) is 3.50. The fourth-order valence-corrected chi connectivity index (χ4v) is 3.28. The van der Waals surface area contributed by atoms with Crippen molar-refractivity contribution in [3.63, 3.8) is 0 Å². The van der Waals surface area contributed by atoms with Crippen molar-refractivity contribution >= 4 is 17.3 Å². The Morgan fingerprint density at radius 2 is 1.93 bits per heavy atom. The van der Waals surface area contributed by atoms with Crippen molar-refractivity contribution in [2.24, 2.45) is 0 Å². The number of benzene rings is 1. The molecule has 4 rings (SSSR count). The van der Waals surface area contributed by atoms with Crippen LogP contribution in [-0.4, -0.2) is 30.1 Å². The van der Waals surface area contributed by atoms with Gasteiger partial charge in [-0.3, -0.25) is 4.79 Å². The van der Waals surface area contributed by atoms with Crippen LogP contribution >= 0.6 is 0 Å². The highest BCUT2D eigenvalue weighted by Gasteiger charge is 2.33. The molecule has 1 aliphatic heterocycles. The number of hydrogen-bond donors (Lipinski definition) is 1. The largest absolute Gasteiger partial charge is 0.469 e. The zero-order valence-electron chi connectivity index (χ0n) is 15.3. The molecule has 2 aliphatic rings. The molecule has 1 atom stereocenters. The molecular weight excluding hydrogens is 371 g/mol. The van der Waals surface area contributed by atoms with Gasteiger partial charge in [-0.25, -0.2) is 4.98 Å². The predicted molar refractivity (Wildman–Crippen MR) is 97.8 cm³/mol. The lowest BCUT2D eigenvalue weighted by molar-refractivity contribution is -0.137. The lowest BCUT2D eigenvalue weighted by Crippen LogP contribution is -2.44. The molecule has 8 heteroatoms. The molecule has 2 aromatic rings. The van der Waals surface area contributed by atoms with Gasteiger partial charge < -0.3 is 15.0 Å². The van der Waals surface area contributed by atoms with Crippen molar-refractivity contribution < 1.29 is 22.7 Å². The summed E-state index contributed by atoms with van der Waals surface area (Å²) in [6.07, 6.45) is -2.54. The van der Waals surface area contributed by atoms with Gasteiger partial charge in [0, 0.05) is 24.2 Å². The number of rotatable bonds is 4. The third kappa shape index (κ3) is 3.90. The maximum absolute atomic E-state index is 12.9. The number of nitrogens with one attached hydrogen (secondary N) is 1. The van der Waals surface area contributed by atoms with Crippen molar-refractivity contribution in [1.82, 2.24) is 10.3 Å². The van der Waals surface area contributed by atoms with Crippen molar-refractivity contribution in [2.75, 3.05) is 18.0 Å². The Labute approximate surface area is 160 Å². The van der Waals surface area contributed by atoms with Gasteiger partial charge in [0.05, 0.1) is 18.7 Å². The van der Waals surface area contributed by atoms with Gasteiger partial charge in [0.15, 0.2) is 0 Å². The molecule has 1 saturated carbocycles. The Morgan fingerprint density at radius 1 is 1.21 bits per heavy atom. The lowest BCUT2D eigenvalue weighted by atomic mass is 10.1. The Kier molecular flexibility index (Phi) is 4.64. The van der Waals surface area contributed by atoms with Crippen LogP contribution in [0.25, 0.3) is 0 Å². The maximum atomic E-state index is 12.9. The number of aromatic nitrogens is 1. The molecule has 0 unspecified atom stereocenters. The van der Waals surface area contributed by atoms with E-state index in [1.54, 1.807) is 0 Å². The second-order valence-electron chi connectivity index (χ2n) is 7.17. The Hall–Kier alpha value is -2.77. The van der Waals surface area contributed by atoms with E-state index < -0.39 is 11.7 Å². The van der Waals surface area contributed by atoms with Crippen molar-refractivity contribution in [1.29, 1.82) is 0 Å². The minimum atomic E-state index is -4.38. The first-order valence-electron chi connectivity index (χ1n) is 9.18. The summed E-state index contributed by atoms with van der Waals surface area (Å²) in [5, 5.41) is 2.73. The van der Waals surface area contributed by atoms with Gasteiger partial charge >= 0.3 is 6.18 Å². The maximum Gasteiger partial charge on any atom is 0.416 e. The van der Waals surface area contributed by atoms with Gasteiger partial charge in [0.2, 0.25) is 11.8 Å². The summed E-state index contributed by atoms with van der Waals surface area (Å²) in [6, 6.07) is 8.89. The molecule has 1 fully saturated rings. The third-order valence-corrected chi connectivity index (χ3v) is 4.90. The van der Waals surface area contributed by atoms with Crippen LogP contribution in [0.3, 0.4) is 0 Å². The zero-order chi connectivity index (χ0) is 19.9. The smallest absolute Gasteiger partial charge is 0.416 e. The molecule has 2 heterocycles. The number of ether oxygens (including phenoxy) is 1. The van der Waals surface area contributed by atoms with Gasteiger partial charge in [-0.15, -0.1) is 0 Å². The van der Waals surface area contributed by atoms with Gasteiger partial charge in [0.1, 0.15) is 11.8 Å². The van der Waals surface area contributed by atoms with Gasteiger partial charge in [0.25, 0.3) is 0 Å². The number of anilines is 2. The van der Waals surface area contributed by atoms with Crippen LogP contribution in [0.4, 0.5) is 24.5 Å². The summed E-state index contributed by atoms with van der Waals surface area (Å²) in [7, 11) is 0. The number of pyridine rings is 1. The first kappa shape index (κ1) is 18.6. The Morgan fingerprint density at radius 3 is 2.54 bits per heavy atom. The van der Waals surface area contributed by atoms with E-state index in [1.807, 2.05) is 17.0 Å². The molecule has 28 heavy (non-hydrogen) atoms. The summed E-state index contributed by atoms with van der Waals surface area (Å²) < 4.78 is 44.6.